The van der Waals surface area contributed by atoms with Gasteiger partial charge in [0.2, 0.25) is 11.8 Å². The average molecular weight is 245 g/mol. The van der Waals surface area contributed by atoms with E-state index in [4.69, 9.17) is 0 Å². The molecule has 0 aromatic heterocycles. The fourth-order valence-electron chi connectivity index (χ4n) is 3.00. The first-order chi connectivity index (χ1) is 8.72. The number of carbonyl (C=O) groups excluding carboxylic acids is 2. The molecule has 4 nitrogen and oxygen atoms in total. The summed E-state index contributed by atoms with van der Waals surface area (Å²) in [4.78, 5) is 25.9. The average Bonchev–Trinajstić information content (AvgIpc) is 2.84. The van der Waals surface area contributed by atoms with Crippen LogP contribution >= 0.6 is 0 Å². The summed E-state index contributed by atoms with van der Waals surface area (Å²) in [6.45, 7) is -0.164. The number of hydrogen-bond donors (Lipinski definition) is 1. The SMILES string of the molecule is O=C1C2CCC(C2)C(=O)N1c1ccccc1CO. The van der Waals surface area contributed by atoms with Gasteiger partial charge in [-0.15, -0.1) is 0 Å². The van der Waals surface area contributed by atoms with Gasteiger partial charge in [-0.05, 0) is 25.3 Å². The van der Waals surface area contributed by atoms with Crippen molar-refractivity contribution in [2.24, 2.45) is 11.8 Å². The Hall–Kier alpha value is -1.68. The first-order valence-electron chi connectivity index (χ1n) is 6.29. The molecule has 1 saturated heterocycles. The Morgan fingerprint density at radius 3 is 2.33 bits per heavy atom. The monoisotopic (exact) mass is 245 g/mol. The first kappa shape index (κ1) is 11.4. The van der Waals surface area contributed by atoms with Gasteiger partial charge in [-0.3, -0.25) is 9.59 Å². The molecular formula is C14H15NO3. The molecule has 1 aromatic rings. The van der Waals surface area contributed by atoms with Crippen LogP contribution in [0.1, 0.15) is 24.8 Å². The summed E-state index contributed by atoms with van der Waals surface area (Å²) in [6.07, 6.45) is 2.33. The maximum Gasteiger partial charge on any atom is 0.236 e. The van der Waals surface area contributed by atoms with Gasteiger partial charge in [-0.2, -0.15) is 0 Å². The number of imide groups is 1. The molecule has 2 bridgehead atoms. The zero-order valence-corrected chi connectivity index (χ0v) is 10.0. The Balaban J connectivity index is 2.05. The van der Waals surface area contributed by atoms with Crippen LogP contribution in [0.3, 0.4) is 0 Å². The number of nitrogens with zero attached hydrogens (tertiary/aromatic N) is 1. The lowest BCUT2D eigenvalue weighted by molar-refractivity contribution is -0.133. The van der Waals surface area contributed by atoms with E-state index >= 15 is 0 Å². The minimum atomic E-state index is -0.164. The van der Waals surface area contributed by atoms with Crippen LogP contribution in [-0.2, 0) is 16.2 Å². The maximum atomic E-state index is 12.3. The summed E-state index contributed by atoms with van der Waals surface area (Å²) in [5, 5.41) is 9.32. The molecule has 94 valence electrons. The number of aliphatic hydroxyl groups excluding tert-OH is 1. The highest BCUT2D eigenvalue weighted by atomic mass is 16.3. The molecule has 1 aliphatic carbocycles. The van der Waals surface area contributed by atoms with Crippen molar-refractivity contribution >= 4 is 17.5 Å². The second-order valence-electron chi connectivity index (χ2n) is 5.01. The number of carbonyl (C=O) groups is 2. The fraction of sp³-hybridized carbons (Fsp3) is 0.429. The number of anilines is 1. The second kappa shape index (κ2) is 4.21. The van der Waals surface area contributed by atoms with Crippen LogP contribution in [0.15, 0.2) is 24.3 Å². The molecule has 2 atom stereocenters. The maximum absolute atomic E-state index is 12.3. The zero-order chi connectivity index (χ0) is 12.7. The van der Waals surface area contributed by atoms with Crippen molar-refractivity contribution in [2.45, 2.75) is 25.9 Å². The number of fused-ring (bicyclic) bond motifs is 2. The van der Waals surface area contributed by atoms with Crippen molar-refractivity contribution in [2.75, 3.05) is 4.90 Å². The van der Waals surface area contributed by atoms with Crippen molar-refractivity contribution in [3.8, 4) is 0 Å². The molecule has 1 heterocycles. The van der Waals surface area contributed by atoms with E-state index in [1.807, 2.05) is 0 Å². The van der Waals surface area contributed by atoms with Crippen molar-refractivity contribution in [3.63, 3.8) is 0 Å². The Labute approximate surface area is 105 Å². The molecule has 1 saturated carbocycles. The molecule has 1 aliphatic heterocycles. The van der Waals surface area contributed by atoms with Crippen LogP contribution in [0.2, 0.25) is 0 Å². The van der Waals surface area contributed by atoms with Crippen LogP contribution in [0.25, 0.3) is 0 Å². The van der Waals surface area contributed by atoms with Gasteiger partial charge in [-0.25, -0.2) is 4.90 Å². The van der Waals surface area contributed by atoms with E-state index in [1.54, 1.807) is 24.3 Å². The van der Waals surface area contributed by atoms with Crippen LogP contribution in [0.5, 0.6) is 0 Å². The normalized spacial score (nSPS) is 26.8. The Morgan fingerprint density at radius 2 is 1.72 bits per heavy atom. The predicted molar refractivity (Wildman–Crippen MR) is 65.7 cm³/mol. The minimum absolute atomic E-state index is 0.0144. The number of para-hydroxylation sites is 1. The second-order valence-corrected chi connectivity index (χ2v) is 5.01. The molecule has 0 spiro atoms. The molecule has 18 heavy (non-hydrogen) atoms. The highest BCUT2D eigenvalue weighted by Crippen LogP contribution is 2.40. The molecule has 2 aliphatic rings. The summed E-state index contributed by atoms with van der Waals surface area (Å²) in [7, 11) is 0. The van der Waals surface area contributed by atoms with Crippen molar-refractivity contribution < 1.29 is 14.7 Å². The molecule has 1 aromatic carbocycles. The van der Waals surface area contributed by atoms with Gasteiger partial charge in [0.25, 0.3) is 0 Å². The minimum Gasteiger partial charge on any atom is -0.392 e. The number of aliphatic hydroxyl groups is 1. The van der Waals surface area contributed by atoms with Crippen LogP contribution in [-0.4, -0.2) is 16.9 Å². The molecule has 2 fully saturated rings. The fourth-order valence-corrected chi connectivity index (χ4v) is 3.00. The Bertz CT molecular complexity index is 490. The van der Waals surface area contributed by atoms with Gasteiger partial charge in [0.05, 0.1) is 12.3 Å². The van der Waals surface area contributed by atoms with Crippen LogP contribution in [0.4, 0.5) is 5.69 Å². The summed E-state index contributed by atoms with van der Waals surface area (Å²) in [6, 6.07) is 7.05. The predicted octanol–water partition coefficient (Wildman–Crippen LogP) is 1.47. The third kappa shape index (κ3) is 1.56. The highest BCUT2D eigenvalue weighted by Gasteiger charge is 2.46. The standard InChI is InChI=1S/C14H15NO3/c16-8-11-3-1-2-4-12(11)15-13(17)9-5-6-10(7-9)14(15)18/h1-4,9-10,16H,5-8H2. The molecule has 2 amide bonds. The molecular weight excluding hydrogens is 230 g/mol. The number of hydrogen-bond acceptors (Lipinski definition) is 3. The molecule has 3 rings (SSSR count). The smallest absolute Gasteiger partial charge is 0.236 e. The van der Waals surface area contributed by atoms with Crippen LogP contribution < -0.4 is 4.90 Å². The van der Waals surface area contributed by atoms with Gasteiger partial charge in [0.1, 0.15) is 0 Å². The summed E-state index contributed by atoms with van der Waals surface area (Å²) < 4.78 is 0. The van der Waals surface area contributed by atoms with Gasteiger partial charge in [-0.1, -0.05) is 18.2 Å². The van der Waals surface area contributed by atoms with E-state index in [2.05, 4.69) is 0 Å². The number of rotatable bonds is 2. The molecule has 1 N–H and O–H groups in total. The first-order valence-corrected chi connectivity index (χ1v) is 6.29. The van der Waals surface area contributed by atoms with E-state index < -0.39 is 0 Å². The Morgan fingerprint density at radius 1 is 1.11 bits per heavy atom. The van der Waals surface area contributed by atoms with E-state index in [9.17, 15) is 14.7 Å². The van der Waals surface area contributed by atoms with Gasteiger partial charge in [0.15, 0.2) is 0 Å². The Kier molecular flexibility index (Phi) is 2.67. The lowest BCUT2D eigenvalue weighted by Crippen LogP contribution is -2.46. The largest absolute Gasteiger partial charge is 0.392 e. The van der Waals surface area contributed by atoms with E-state index in [-0.39, 0.29) is 30.3 Å². The van der Waals surface area contributed by atoms with Crippen molar-refractivity contribution in [1.82, 2.24) is 0 Å². The van der Waals surface area contributed by atoms with E-state index in [0.717, 1.165) is 12.8 Å². The van der Waals surface area contributed by atoms with Crippen LogP contribution in [0, 0.1) is 11.8 Å². The van der Waals surface area contributed by atoms with E-state index in [1.165, 1.54) is 4.90 Å². The van der Waals surface area contributed by atoms with Crippen molar-refractivity contribution in [3.05, 3.63) is 29.8 Å². The number of benzene rings is 1. The van der Waals surface area contributed by atoms with Gasteiger partial charge < -0.3 is 5.11 Å². The van der Waals surface area contributed by atoms with Gasteiger partial charge >= 0.3 is 0 Å². The topological polar surface area (TPSA) is 57.6 Å². The summed E-state index contributed by atoms with van der Waals surface area (Å²) >= 11 is 0. The quantitative estimate of drug-likeness (QED) is 0.803. The highest BCUT2D eigenvalue weighted by molar-refractivity contribution is 6.19. The zero-order valence-electron chi connectivity index (χ0n) is 10.0. The number of piperidine rings is 1. The third-order valence-corrected chi connectivity index (χ3v) is 3.97. The lowest BCUT2D eigenvalue weighted by Gasteiger charge is -2.30. The molecule has 4 heteroatoms. The van der Waals surface area contributed by atoms with E-state index in [0.29, 0.717) is 17.7 Å². The van der Waals surface area contributed by atoms with Crippen molar-refractivity contribution in [1.29, 1.82) is 0 Å². The van der Waals surface area contributed by atoms with Gasteiger partial charge in [0, 0.05) is 17.4 Å². The molecule has 0 radical (unpaired) electrons. The lowest BCUT2D eigenvalue weighted by atomic mass is 9.96. The third-order valence-electron chi connectivity index (χ3n) is 3.97. The molecule has 2 unspecified atom stereocenters. The summed E-state index contributed by atoms with van der Waals surface area (Å²) in [5.41, 5.74) is 1.17. The summed E-state index contributed by atoms with van der Waals surface area (Å²) in [5.74, 6) is -0.233. The number of amides is 2.